The van der Waals surface area contributed by atoms with E-state index < -0.39 is 0 Å². The number of aromatic nitrogens is 3. The van der Waals surface area contributed by atoms with Crippen LogP contribution in [0.25, 0.3) is 16.9 Å². The van der Waals surface area contributed by atoms with Gasteiger partial charge in [0.2, 0.25) is 5.65 Å². The van der Waals surface area contributed by atoms with E-state index in [0.29, 0.717) is 5.65 Å². The van der Waals surface area contributed by atoms with Gasteiger partial charge in [0.15, 0.2) is 0 Å². The first-order chi connectivity index (χ1) is 13.8. The summed E-state index contributed by atoms with van der Waals surface area (Å²) < 4.78 is 2.01. The first kappa shape index (κ1) is 15.8. The number of imidazole rings is 1. The smallest absolute Gasteiger partial charge is 0.292 e. The van der Waals surface area contributed by atoms with Crippen molar-refractivity contribution in [2.24, 2.45) is 0 Å². The second-order valence-electron chi connectivity index (χ2n) is 7.87. The van der Waals surface area contributed by atoms with Crippen LogP contribution in [0.3, 0.4) is 0 Å². The lowest BCUT2D eigenvalue weighted by atomic mass is 9.80. The SMILES string of the molecule is O=c1[nH]c2c(n3ccnc13)C1(CCN(Cc3ccccc3)C1)c1ccccc1-2. The summed E-state index contributed by atoms with van der Waals surface area (Å²) >= 11 is 0. The van der Waals surface area contributed by atoms with Gasteiger partial charge in [-0.15, -0.1) is 0 Å². The monoisotopic (exact) mass is 368 g/mol. The highest BCUT2D eigenvalue weighted by Crippen LogP contribution is 2.52. The average molecular weight is 368 g/mol. The predicted molar refractivity (Wildman–Crippen MR) is 108 cm³/mol. The van der Waals surface area contributed by atoms with Crippen molar-refractivity contribution in [1.29, 1.82) is 0 Å². The number of likely N-dealkylation sites (tertiary alicyclic amines) is 1. The van der Waals surface area contributed by atoms with Crippen molar-refractivity contribution >= 4 is 5.65 Å². The average Bonchev–Trinajstić information content (AvgIpc) is 3.42. The Morgan fingerprint density at radius 1 is 1.07 bits per heavy atom. The number of aromatic amines is 1. The van der Waals surface area contributed by atoms with Crippen LogP contribution in [0.1, 0.15) is 23.2 Å². The molecule has 0 bridgehead atoms. The van der Waals surface area contributed by atoms with E-state index in [1.54, 1.807) is 6.20 Å². The molecular weight excluding hydrogens is 348 g/mol. The number of hydrogen-bond donors (Lipinski definition) is 1. The minimum atomic E-state index is -0.130. The summed E-state index contributed by atoms with van der Waals surface area (Å²) in [6, 6.07) is 19.1. The van der Waals surface area contributed by atoms with Crippen LogP contribution in [0.4, 0.5) is 0 Å². The Bertz CT molecular complexity index is 1260. The van der Waals surface area contributed by atoms with Crippen LogP contribution >= 0.6 is 0 Å². The Labute approximate surface area is 162 Å². The van der Waals surface area contributed by atoms with Gasteiger partial charge in [-0.05, 0) is 24.1 Å². The molecule has 6 rings (SSSR count). The van der Waals surface area contributed by atoms with Gasteiger partial charge in [0.1, 0.15) is 0 Å². The van der Waals surface area contributed by atoms with E-state index in [2.05, 4.69) is 69.5 Å². The van der Waals surface area contributed by atoms with E-state index >= 15 is 0 Å². The lowest BCUT2D eigenvalue weighted by Gasteiger charge is -2.27. The number of nitrogens with zero attached hydrogens (tertiary/aromatic N) is 3. The third-order valence-corrected chi connectivity index (χ3v) is 6.32. The summed E-state index contributed by atoms with van der Waals surface area (Å²) in [4.78, 5) is 22.5. The second-order valence-corrected chi connectivity index (χ2v) is 7.87. The topological polar surface area (TPSA) is 53.4 Å². The molecule has 0 radical (unpaired) electrons. The van der Waals surface area contributed by atoms with E-state index in [1.807, 2.05) is 10.6 Å². The molecule has 3 heterocycles. The standard InChI is InChI=1S/C23H20N4O/c28-22-21-24-11-13-27(21)20-19(25-22)17-8-4-5-9-18(17)23(20)10-12-26(15-23)14-16-6-2-1-3-7-16/h1-9,11,13H,10,12,14-15H2,(H,25,28). The molecule has 2 aromatic carbocycles. The number of fused-ring (bicyclic) bond motifs is 7. The highest BCUT2D eigenvalue weighted by atomic mass is 16.1. The zero-order chi connectivity index (χ0) is 18.7. The Balaban J connectivity index is 1.53. The largest absolute Gasteiger partial charge is 0.317 e. The maximum Gasteiger partial charge on any atom is 0.292 e. The fourth-order valence-electron chi connectivity index (χ4n) is 5.19. The Kier molecular flexibility index (Phi) is 3.20. The Hall–Kier alpha value is -3.18. The van der Waals surface area contributed by atoms with Crippen LogP contribution in [0, 0.1) is 0 Å². The molecule has 138 valence electrons. The van der Waals surface area contributed by atoms with Crippen LogP contribution in [-0.4, -0.2) is 32.4 Å². The maximum absolute atomic E-state index is 12.6. The summed E-state index contributed by atoms with van der Waals surface area (Å²) in [5.41, 5.74) is 6.15. The summed E-state index contributed by atoms with van der Waals surface area (Å²) in [6.07, 6.45) is 4.68. The second kappa shape index (κ2) is 5.66. The molecule has 1 aliphatic carbocycles. The van der Waals surface area contributed by atoms with E-state index in [9.17, 15) is 4.79 Å². The lowest BCUT2D eigenvalue weighted by Crippen LogP contribution is -2.33. The molecule has 1 spiro atoms. The fraction of sp³-hybridized carbons (Fsp3) is 0.217. The highest BCUT2D eigenvalue weighted by Gasteiger charge is 2.49. The molecule has 2 aromatic heterocycles. The fourth-order valence-corrected chi connectivity index (χ4v) is 5.19. The molecule has 1 fully saturated rings. The zero-order valence-electron chi connectivity index (χ0n) is 15.4. The molecule has 4 aromatic rings. The Morgan fingerprint density at radius 3 is 2.79 bits per heavy atom. The molecule has 0 saturated carbocycles. The first-order valence-electron chi connectivity index (χ1n) is 9.72. The summed E-state index contributed by atoms with van der Waals surface area (Å²) in [5.74, 6) is 0. The molecule has 1 atom stereocenters. The number of H-pyrrole nitrogens is 1. The molecule has 28 heavy (non-hydrogen) atoms. The minimum absolute atomic E-state index is 0.121. The summed E-state index contributed by atoms with van der Waals surface area (Å²) in [5, 5.41) is 0. The Morgan fingerprint density at radius 2 is 1.89 bits per heavy atom. The van der Waals surface area contributed by atoms with Gasteiger partial charge in [-0.2, -0.15) is 0 Å². The van der Waals surface area contributed by atoms with Crippen LogP contribution in [0.15, 0.2) is 71.8 Å². The molecule has 1 aliphatic heterocycles. The van der Waals surface area contributed by atoms with E-state index in [4.69, 9.17) is 0 Å². The van der Waals surface area contributed by atoms with Gasteiger partial charge in [-0.1, -0.05) is 54.6 Å². The highest BCUT2D eigenvalue weighted by molar-refractivity contribution is 5.78. The summed E-state index contributed by atoms with van der Waals surface area (Å²) in [6.45, 7) is 2.90. The van der Waals surface area contributed by atoms with Gasteiger partial charge in [0.25, 0.3) is 5.56 Å². The van der Waals surface area contributed by atoms with Crippen molar-refractivity contribution in [2.75, 3.05) is 13.1 Å². The first-order valence-corrected chi connectivity index (χ1v) is 9.72. The van der Waals surface area contributed by atoms with Crippen molar-refractivity contribution in [3.63, 3.8) is 0 Å². The van der Waals surface area contributed by atoms with Crippen molar-refractivity contribution in [3.8, 4) is 11.3 Å². The molecule has 1 unspecified atom stereocenters. The van der Waals surface area contributed by atoms with Crippen LogP contribution in [-0.2, 0) is 12.0 Å². The molecule has 1 N–H and O–H groups in total. The van der Waals surface area contributed by atoms with Crippen LogP contribution in [0.2, 0.25) is 0 Å². The molecule has 0 amide bonds. The van der Waals surface area contributed by atoms with Crippen molar-refractivity contribution in [3.05, 3.63) is 94.2 Å². The van der Waals surface area contributed by atoms with Gasteiger partial charge >= 0.3 is 0 Å². The zero-order valence-corrected chi connectivity index (χ0v) is 15.4. The third kappa shape index (κ3) is 2.05. The molecule has 1 saturated heterocycles. The number of rotatable bonds is 2. The van der Waals surface area contributed by atoms with Gasteiger partial charge in [0.05, 0.1) is 16.8 Å². The quantitative estimate of drug-likeness (QED) is 0.591. The van der Waals surface area contributed by atoms with Crippen molar-refractivity contribution < 1.29 is 0 Å². The van der Waals surface area contributed by atoms with E-state index in [-0.39, 0.29) is 11.0 Å². The van der Waals surface area contributed by atoms with Gasteiger partial charge in [0, 0.05) is 31.0 Å². The number of nitrogens with one attached hydrogen (secondary N) is 1. The predicted octanol–water partition coefficient (Wildman–Crippen LogP) is 3.20. The normalized spacial score (nSPS) is 20.7. The molecular formula is C23H20N4O. The molecule has 5 nitrogen and oxygen atoms in total. The summed E-state index contributed by atoms with van der Waals surface area (Å²) in [7, 11) is 0. The van der Waals surface area contributed by atoms with Gasteiger partial charge in [-0.25, -0.2) is 4.98 Å². The number of benzene rings is 2. The lowest BCUT2D eigenvalue weighted by molar-refractivity contribution is 0.314. The maximum atomic E-state index is 12.6. The van der Waals surface area contributed by atoms with Crippen LogP contribution < -0.4 is 5.56 Å². The van der Waals surface area contributed by atoms with Crippen molar-refractivity contribution in [2.45, 2.75) is 18.4 Å². The van der Waals surface area contributed by atoms with Gasteiger partial charge in [-0.3, -0.25) is 14.1 Å². The van der Waals surface area contributed by atoms with Gasteiger partial charge < -0.3 is 4.98 Å². The minimum Gasteiger partial charge on any atom is -0.317 e. The van der Waals surface area contributed by atoms with Crippen LogP contribution in [0.5, 0.6) is 0 Å². The molecule has 2 aliphatic rings. The van der Waals surface area contributed by atoms with E-state index in [0.717, 1.165) is 37.3 Å². The van der Waals surface area contributed by atoms with Crippen molar-refractivity contribution in [1.82, 2.24) is 19.3 Å². The third-order valence-electron chi connectivity index (χ3n) is 6.32. The van der Waals surface area contributed by atoms with E-state index in [1.165, 1.54) is 16.8 Å². The molecule has 5 heteroatoms. The number of hydrogen-bond acceptors (Lipinski definition) is 3.